The number of carbonyl (C=O) groups excluding carboxylic acids is 1. The number of benzene rings is 2. The summed E-state index contributed by atoms with van der Waals surface area (Å²) in [4.78, 5) is 28.9. The van der Waals surface area contributed by atoms with Crippen molar-refractivity contribution in [3.63, 3.8) is 0 Å². The molecule has 0 aromatic heterocycles. The Balaban J connectivity index is 0.00000363. The van der Waals surface area contributed by atoms with Gasteiger partial charge < -0.3 is 10.4 Å². The molecule has 2 N–H and O–H groups in total. The standard InChI is InChI=1S/C25H29N3O3.ClH/c1-2-3-4-11-16-28(18-23(29)30)17-22(26-19-28)25(31)27-24(20-12-7-5-8-13-20)21-14-9-6-10-15-21;/h5-10,12-15,17,19,24H,2-4,11,16,18H2,1H3,(H-,27,29,30,31);1H/p+1. The maximum Gasteiger partial charge on any atom is 0.360 e. The van der Waals surface area contributed by atoms with E-state index < -0.39 is 5.97 Å². The topological polar surface area (TPSA) is 78.8 Å². The summed E-state index contributed by atoms with van der Waals surface area (Å²) in [6.07, 6.45) is 7.41. The molecule has 1 amide bonds. The molecule has 0 saturated carbocycles. The van der Waals surface area contributed by atoms with Crippen molar-refractivity contribution >= 4 is 30.6 Å². The third-order valence-corrected chi connectivity index (χ3v) is 5.44. The van der Waals surface area contributed by atoms with Gasteiger partial charge in [-0.3, -0.25) is 4.79 Å². The Hall–Kier alpha value is -2.96. The van der Waals surface area contributed by atoms with Crippen LogP contribution in [0.25, 0.3) is 0 Å². The average molecular weight is 457 g/mol. The van der Waals surface area contributed by atoms with E-state index in [9.17, 15) is 14.7 Å². The number of unbranched alkanes of at least 4 members (excludes halogenated alkanes) is 3. The van der Waals surface area contributed by atoms with Crippen molar-refractivity contribution in [2.24, 2.45) is 4.99 Å². The number of aliphatic imine (C=N–C) groups is 1. The smallest absolute Gasteiger partial charge is 0.360 e. The molecule has 32 heavy (non-hydrogen) atoms. The summed E-state index contributed by atoms with van der Waals surface area (Å²) in [6.45, 7) is 2.64. The van der Waals surface area contributed by atoms with E-state index in [1.807, 2.05) is 60.7 Å². The number of quaternary nitrogens is 1. The number of nitrogens with one attached hydrogen (secondary N) is 1. The zero-order chi connectivity index (χ0) is 22.1. The summed E-state index contributed by atoms with van der Waals surface area (Å²) < 4.78 is 0.0726. The van der Waals surface area contributed by atoms with Gasteiger partial charge in [0, 0.05) is 0 Å². The minimum atomic E-state index is -0.911. The van der Waals surface area contributed by atoms with Crippen LogP contribution in [-0.4, -0.2) is 40.9 Å². The van der Waals surface area contributed by atoms with Gasteiger partial charge in [0.05, 0.1) is 12.6 Å². The lowest BCUT2D eigenvalue weighted by atomic mass is 9.98. The minimum Gasteiger partial charge on any atom is -0.477 e. The van der Waals surface area contributed by atoms with Gasteiger partial charge in [0.1, 0.15) is 6.20 Å². The van der Waals surface area contributed by atoms with Crippen LogP contribution in [0, 0.1) is 0 Å². The first kappa shape index (κ1) is 25.3. The van der Waals surface area contributed by atoms with Gasteiger partial charge >= 0.3 is 5.97 Å². The van der Waals surface area contributed by atoms with Crippen molar-refractivity contribution in [1.29, 1.82) is 0 Å². The monoisotopic (exact) mass is 456 g/mol. The van der Waals surface area contributed by atoms with Crippen LogP contribution >= 0.6 is 12.4 Å². The van der Waals surface area contributed by atoms with E-state index in [1.165, 1.54) is 0 Å². The second-order valence-corrected chi connectivity index (χ2v) is 7.93. The molecule has 0 aliphatic carbocycles. The van der Waals surface area contributed by atoms with E-state index in [2.05, 4.69) is 17.2 Å². The number of hydrogen-bond donors (Lipinski definition) is 2. The van der Waals surface area contributed by atoms with Gasteiger partial charge in [0.15, 0.2) is 18.6 Å². The molecule has 0 radical (unpaired) electrons. The third kappa shape index (κ3) is 6.77. The van der Waals surface area contributed by atoms with Crippen LogP contribution in [-0.2, 0) is 9.59 Å². The normalized spacial score (nSPS) is 17.0. The fourth-order valence-corrected chi connectivity index (χ4v) is 3.83. The number of nitrogens with zero attached hydrogens (tertiary/aromatic N) is 2. The Morgan fingerprint density at radius 2 is 1.56 bits per heavy atom. The van der Waals surface area contributed by atoms with Crippen LogP contribution in [0.15, 0.2) is 77.6 Å². The predicted octanol–water partition coefficient (Wildman–Crippen LogP) is 4.68. The highest BCUT2D eigenvalue weighted by molar-refractivity contribution is 5.95. The number of carboxylic acids is 1. The predicted molar refractivity (Wildman–Crippen MR) is 128 cm³/mol. The summed E-state index contributed by atoms with van der Waals surface area (Å²) in [7, 11) is 0. The molecule has 1 atom stereocenters. The Morgan fingerprint density at radius 1 is 0.969 bits per heavy atom. The molecule has 7 heteroatoms. The lowest BCUT2D eigenvalue weighted by molar-refractivity contribution is -0.771. The highest BCUT2D eigenvalue weighted by Crippen LogP contribution is 2.24. The van der Waals surface area contributed by atoms with E-state index in [4.69, 9.17) is 0 Å². The van der Waals surface area contributed by atoms with Crippen molar-refractivity contribution in [2.45, 2.75) is 38.6 Å². The van der Waals surface area contributed by atoms with Gasteiger partial charge in [-0.05, 0) is 24.0 Å². The molecule has 3 rings (SSSR count). The molecule has 6 nitrogen and oxygen atoms in total. The fraction of sp³-hybridized carbons (Fsp3) is 0.320. The van der Waals surface area contributed by atoms with Gasteiger partial charge in [0.2, 0.25) is 0 Å². The largest absolute Gasteiger partial charge is 0.477 e. The van der Waals surface area contributed by atoms with Crippen LogP contribution in [0.1, 0.15) is 49.8 Å². The number of rotatable bonds is 11. The molecule has 1 unspecified atom stereocenters. The second kappa shape index (κ2) is 12.2. The van der Waals surface area contributed by atoms with Crippen molar-refractivity contribution in [3.8, 4) is 0 Å². The van der Waals surface area contributed by atoms with Gasteiger partial charge in [-0.2, -0.15) is 4.99 Å². The summed E-state index contributed by atoms with van der Waals surface area (Å²) in [6, 6.07) is 19.2. The summed E-state index contributed by atoms with van der Waals surface area (Å²) in [5.41, 5.74) is 2.19. The number of halogens is 1. The molecule has 1 aliphatic heterocycles. The van der Waals surface area contributed by atoms with Crippen LogP contribution in [0.5, 0.6) is 0 Å². The van der Waals surface area contributed by atoms with Crippen LogP contribution < -0.4 is 5.32 Å². The maximum absolute atomic E-state index is 13.1. The Morgan fingerprint density at radius 3 is 2.09 bits per heavy atom. The van der Waals surface area contributed by atoms with E-state index >= 15 is 0 Å². The highest BCUT2D eigenvalue weighted by atomic mass is 35.5. The molecule has 1 aliphatic rings. The molecule has 0 bridgehead atoms. The molecule has 0 spiro atoms. The first-order chi connectivity index (χ1) is 15.0. The zero-order valence-corrected chi connectivity index (χ0v) is 19.1. The van der Waals surface area contributed by atoms with Crippen molar-refractivity contribution in [2.75, 3.05) is 13.1 Å². The average Bonchev–Trinajstić information content (AvgIpc) is 3.19. The molecule has 1 heterocycles. The Kier molecular flexibility index (Phi) is 9.62. The zero-order valence-electron chi connectivity index (χ0n) is 18.3. The molecular weight excluding hydrogens is 426 g/mol. The fourth-order valence-electron chi connectivity index (χ4n) is 3.83. The van der Waals surface area contributed by atoms with Gasteiger partial charge in [-0.1, -0.05) is 80.4 Å². The van der Waals surface area contributed by atoms with E-state index in [1.54, 1.807) is 12.5 Å². The van der Waals surface area contributed by atoms with Crippen LogP contribution in [0.3, 0.4) is 0 Å². The quantitative estimate of drug-likeness (QED) is 0.380. The van der Waals surface area contributed by atoms with Crippen molar-refractivity contribution < 1.29 is 19.2 Å². The summed E-state index contributed by atoms with van der Waals surface area (Å²) in [5.74, 6) is -1.22. The molecule has 2 aromatic rings. The first-order valence-corrected chi connectivity index (χ1v) is 10.8. The SMILES string of the molecule is CCCCCC[N+]1(CC(=O)O)C=NC(C(=O)NC(c2ccccc2)c2ccccc2)=C1.Cl. The molecule has 170 valence electrons. The third-order valence-electron chi connectivity index (χ3n) is 5.44. The van der Waals surface area contributed by atoms with Crippen molar-refractivity contribution in [3.05, 3.63) is 83.7 Å². The van der Waals surface area contributed by atoms with Crippen LogP contribution in [0.4, 0.5) is 0 Å². The summed E-state index contributed by atoms with van der Waals surface area (Å²) in [5, 5.41) is 12.5. The van der Waals surface area contributed by atoms with Crippen molar-refractivity contribution in [1.82, 2.24) is 5.32 Å². The number of aliphatic carboxylic acids is 1. The van der Waals surface area contributed by atoms with E-state index in [0.717, 1.165) is 36.8 Å². The van der Waals surface area contributed by atoms with Crippen LogP contribution in [0.2, 0.25) is 0 Å². The maximum atomic E-state index is 13.1. The number of carbonyl (C=O) groups is 2. The number of amides is 1. The molecule has 0 fully saturated rings. The molecular formula is C25H31ClN3O3+. The second-order valence-electron chi connectivity index (χ2n) is 7.93. The van der Waals surface area contributed by atoms with Gasteiger partial charge in [0.25, 0.3) is 5.91 Å². The molecule has 0 saturated heterocycles. The minimum absolute atomic E-state index is 0. The van der Waals surface area contributed by atoms with E-state index in [0.29, 0.717) is 6.54 Å². The lowest BCUT2D eigenvalue weighted by Gasteiger charge is -2.25. The van der Waals surface area contributed by atoms with Gasteiger partial charge in [-0.15, -0.1) is 12.4 Å². The van der Waals surface area contributed by atoms with Gasteiger partial charge in [-0.25, -0.2) is 9.28 Å². The lowest BCUT2D eigenvalue weighted by Crippen LogP contribution is -2.45. The Labute approximate surface area is 195 Å². The first-order valence-electron chi connectivity index (χ1n) is 10.8. The van der Waals surface area contributed by atoms with E-state index in [-0.39, 0.29) is 41.1 Å². The number of hydrogen-bond acceptors (Lipinski definition) is 3. The number of carboxylic acid groups (broad SMARTS) is 1. The highest BCUT2D eigenvalue weighted by Gasteiger charge is 2.34. The Bertz CT molecular complexity index is 908. The summed E-state index contributed by atoms with van der Waals surface area (Å²) >= 11 is 0. The molecule has 2 aromatic carbocycles.